The minimum Gasteiger partial charge on any atom is -0.396 e. The van der Waals surface area contributed by atoms with Crippen molar-refractivity contribution in [1.82, 2.24) is 14.9 Å². The lowest BCUT2D eigenvalue weighted by atomic mass is 9.94. The molecule has 3 heterocycles. The number of benzene rings is 1. The second-order valence-corrected chi connectivity index (χ2v) is 10.4. The van der Waals surface area contributed by atoms with Crippen LogP contribution in [-0.4, -0.2) is 58.8 Å². The zero-order valence-electron chi connectivity index (χ0n) is 20.6. The van der Waals surface area contributed by atoms with Gasteiger partial charge in [-0.15, -0.1) is 24.8 Å². The summed E-state index contributed by atoms with van der Waals surface area (Å²) in [4.78, 5) is 14.8. The van der Waals surface area contributed by atoms with Crippen LogP contribution in [0.25, 0.3) is 0 Å². The maximum Gasteiger partial charge on any atom is 0.227 e. The van der Waals surface area contributed by atoms with Gasteiger partial charge < -0.3 is 15.3 Å². The molecule has 2 fully saturated rings. The molecule has 0 amide bonds. The van der Waals surface area contributed by atoms with E-state index in [0.29, 0.717) is 29.3 Å². The SMILES string of the molecule is Cl.Cl.OCC1CCCN(C2CCN(c3nc4c(c(Nc5ccc(Cl)cc5F)n3)CCCCC4)CC2)C1. The number of piperidine rings is 2. The number of aliphatic hydroxyl groups is 1. The molecule has 0 saturated carbocycles. The number of fused-ring (bicyclic) bond motifs is 1. The molecule has 0 spiro atoms. The van der Waals surface area contributed by atoms with Crippen molar-refractivity contribution in [1.29, 1.82) is 0 Å². The van der Waals surface area contributed by atoms with Crippen molar-refractivity contribution in [2.75, 3.05) is 43.0 Å². The fourth-order valence-electron chi connectivity index (χ4n) is 5.73. The Morgan fingerprint density at radius 1 is 1.00 bits per heavy atom. The molecule has 1 aliphatic carbocycles. The zero-order valence-corrected chi connectivity index (χ0v) is 23.0. The van der Waals surface area contributed by atoms with Gasteiger partial charge in [0.2, 0.25) is 5.95 Å². The summed E-state index contributed by atoms with van der Waals surface area (Å²) in [6.45, 7) is 4.27. The minimum atomic E-state index is -0.376. The summed E-state index contributed by atoms with van der Waals surface area (Å²) in [7, 11) is 0. The Kier molecular flexibility index (Phi) is 10.9. The first-order valence-electron chi connectivity index (χ1n) is 12.8. The highest BCUT2D eigenvalue weighted by atomic mass is 35.5. The van der Waals surface area contributed by atoms with Crippen molar-refractivity contribution < 1.29 is 9.50 Å². The lowest BCUT2D eigenvalue weighted by Gasteiger charge is -2.42. The van der Waals surface area contributed by atoms with Crippen LogP contribution in [-0.2, 0) is 12.8 Å². The Morgan fingerprint density at radius 2 is 1.78 bits per heavy atom. The van der Waals surface area contributed by atoms with Crippen LogP contribution in [0.15, 0.2) is 18.2 Å². The van der Waals surface area contributed by atoms with Gasteiger partial charge in [0.25, 0.3) is 0 Å². The predicted molar refractivity (Wildman–Crippen MR) is 149 cm³/mol. The molecular formula is C26H37Cl3FN5O. The van der Waals surface area contributed by atoms with Crippen molar-refractivity contribution >= 4 is 53.9 Å². The van der Waals surface area contributed by atoms with E-state index in [4.69, 9.17) is 21.6 Å². The molecule has 6 nitrogen and oxygen atoms in total. The van der Waals surface area contributed by atoms with E-state index in [1.807, 2.05) is 0 Å². The topological polar surface area (TPSA) is 64.5 Å². The van der Waals surface area contributed by atoms with Gasteiger partial charge >= 0.3 is 0 Å². The van der Waals surface area contributed by atoms with Crippen molar-refractivity contribution in [2.24, 2.45) is 5.92 Å². The number of likely N-dealkylation sites (tertiary alicyclic amines) is 1. The van der Waals surface area contributed by atoms with Crippen LogP contribution in [0.5, 0.6) is 0 Å². The summed E-state index contributed by atoms with van der Waals surface area (Å²) in [5.74, 6) is 1.52. The summed E-state index contributed by atoms with van der Waals surface area (Å²) < 4.78 is 14.6. The first kappa shape index (κ1) is 29.2. The lowest BCUT2D eigenvalue weighted by Crippen LogP contribution is -2.49. The molecule has 1 aromatic heterocycles. The standard InChI is InChI=1S/C26H35ClFN5O.2ClH/c27-19-8-9-24(22(28)15-19)29-25-21-6-2-1-3-7-23(21)30-26(31-25)32-13-10-20(11-14-32)33-12-4-5-18(16-33)17-34;;/h8-9,15,18,20,34H,1-7,10-14,16-17H2,(H,29,30,31);2*1H. The maximum atomic E-state index is 14.6. The van der Waals surface area contributed by atoms with E-state index < -0.39 is 0 Å². The molecule has 3 aliphatic rings. The van der Waals surface area contributed by atoms with E-state index in [0.717, 1.165) is 94.1 Å². The Morgan fingerprint density at radius 3 is 2.53 bits per heavy atom. The summed E-state index contributed by atoms with van der Waals surface area (Å²) in [5.41, 5.74) is 2.61. The molecule has 2 saturated heterocycles. The average molecular weight is 561 g/mol. The molecule has 1 aromatic carbocycles. The normalized spacial score (nSPS) is 21.1. The molecule has 10 heteroatoms. The fourth-order valence-corrected chi connectivity index (χ4v) is 5.89. The van der Waals surface area contributed by atoms with Gasteiger partial charge in [-0.1, -0.05) is 18.0 Å². The number of aliphatic hydroxyl groups excluding tert-OH is 1. The highest BCUT2D eigenvalue weighted by Crippen LogP contribution is 2.32. The second-order valence-electron chi connectivity index (χ2n) is 10.0. The number of hydrogen-bond donors (Lipinski definition) is 2. The van der Waals surface area contributed by atoms with Crippen molar-refractivity contribution in [3.8, 4) is 0 Å². The van der Waals surface area contributed by atoms with Crippen LogP contribution >= 0.6 is 36.4 Å². The Balaban J connectivity index is 0.00000180. The largest absolute Gasteiger partial charge is 0.396 e. The van der Waals surface area contributed by atoms with Crippen molar-refractivity contribution in [3.63, 3.8) is 0 Å². The van der Waals surface area contributed by atoms with E-state index in [-0.39, 0.29) is 30.6 Å². The van der Waals surface area contributed by atoms with Crippen molar-refractivity contribution in [2.45, 2.75) is 63.8 Å². The summed E-state index contributed by atoms with van der Waals surface area (Å²) >= 11 is 5.95. The van der Waals surface area contributed by atoms with Gasteiger partial charge in [0.05, 0.1) is 11.4 Å². The molecule has 36 heavy (non-hydrogen) atoms. The highest BCUT2D eigenvalue weighted by Gasteiger charge is 2.30. The molecule has 1 unspecified atom stereocenters. The van der Waals surface area contributed by atoms with Crippen LogP contribution in [0.4, 0.5) is 21.8 Å². The number of nitrogens with zero attached hydrogens (tertiary/aromatic N) is 4. The van der Waals surface area contributed by atoms with Gasteiger partial charge in [0, 0.05) is 42.9 Å². The Labute approximate surface area is 230 Å². The number of anilines is 3. The van der Waals surface area contributed by atoms with Gasteiger partial charge in [-0.05, 0) is 82.0 Å². The maximum absolute atomic E-state index is 14.6. The number of rotatable bonds is 5. The van der Waals surface area contributed by atoms with E-state index in [1.165, 1.54) is 18.9 Å². The molecule has 1 atom stereocenters. The minimum absolute atomic E-state index is 0. The van der Waals surface area contributed by atoms with Gasteiger partial charge in [0.1, 0.15) is 11.6 Å². The molecular weight excluding hydrogens is 524 g/mol. The number of aryl methyl sites for hydroxylation is 1. The third-order valence-corrected chi connectivity index (χ3v) is 7.91. The average Bonchev–Trinajstić information content (AvgIpc) is 3.11. The molecule has 2 N–H and O–H groups in total. The van der Waals surface area contributed by atoms with Gasteiger partial charge in [-0.2, -0.15) is 4.98 Å². The third kappa shape index (κ3) is 6.73. The monoisotopic (exact) mass is 559 g/mol. The fraction of sp³-hybridized carbons (Fsp3) is 0.615. The molecule has 2 aromatic rings. The van der Waals surface area contributed by atoms with Crippen LogP contribution < -0.4 is 10.2 Å². The number of hydrogen-bond acceptors (Lipinski definition) is 6. The van der Waals surface area contributed by atoms with E-state index >= 15 is 0 Å². The lowest BCUT2D eigenvalue weighted by molar-refractivity contribution is 0.0776. The molecule has 5 rings (SSSR count). The highest BCUT2D eigenvalue weighted by molar-refractivity contribution is 6.30. The van der Waals surface area contributed by atoms with E-state index in [9.17, 15) is 9.50 Å². The van der Waals surface area contributed by atoms with Crippen LogP contribution in [0.1, 0.15) is 56.2 Å². The summed E-state index contributed by atoms with van der Waals surface area (Å²) in [6, 6.07) is 5.26. The van der Waals surface area contributed by atoms with Crippen LogP contribution in [0, 0.1) is 11.7 Å². The Hall–Kier alpha value is -1.38. The van der Waals surface area contributed by atoms with E-state index in [2.05, 4.69) is 15.1 Å². The zero-order chi connectivity index (χ0) is 23.5. The molecule has 2 aliphatic heterocycles. The predicted octanol–water partition coefficient (Wildman–Crippen LogP) is 5.80. The first-order valence-corrected chi connectivity index (χ1v) is 13.2. The molecule has 200 valence electrons. The van der Waals surface area contributed by atoms with Crippen LogP contribution in [0.2, 0.25) is 5.02 Å². The number of halogens is 4. The van der Waals surface area contributed by atoms with E-state index in [1.54, 1.807) is 12.1 Å². The first-order chi connectivity index (χ1) is 16.6. The van der Waals surface area contributed by atoms with Crippen LogP contribution in [0.3, 0.4) is 0 Å². The summed E-state index contributed by atoms with van der Waals surface area (Å²) in [5, 5.41) is 13.2. The molecule has 0 radical (unpaired) electrons. The summed E-state index contributed by atoms with van der Waals surface area (Å²) in [6.07, 6.45) is 9.72. The Bertz CT molecular complexity index is 1010. The van der Waals surface area contributed by atoms with Gasteiger partial charge in [-0.25, -0.2) is 9.37 Å². The second kappa shape index (κ2) is 13.4. The quantitative estimate of drug-likeness (QED) is 0.451. The van der Waals surface area contributed by atoms with Gasteiger partial charge in [-0.3, -0.25) is 4.90 Å². The van der Waals surface area contributed by atoms with Crippen molar-refractivity contribution in [3.05, 3.63) is 40.3 Å². The third-order valence-electron chi connectivity index (χ3n) is 7.68. The number of aromatic nitrogens is 2. The smallest absolute Gasteiger partial charge is 0.227 e. The number of nitrogens with one attached hydrogen (secondary N) is 1. The molecule has 0 bridgehead atoms. The van der Waals surface area contributed by atoms with Gasteiger partial charge in [0.15, 0.2) is 0 Å².